The van der Waals surface area contributed by atoms with Crippen LogP contribution in [0, 0.1) is 16.7 Å². The van der Waals surface area contributed by atoms with Gasteiger partial charge in [-0.25, -0.2) is 0 Å². The summed E-state index contributed by atoms with van der Waals surface area (Å²) in [5.74, 6) is -1.04. The van der Waals surface area contributed by atoms with Crippen molar-refractivity contribution in [1.29, 1.82) is 0 Å². The average Bonchev–Trinajstić information content (AvgIpc) is 2.38. The number of carbonyl (C=O) groups excluding carboxylic acids is 1. The number of aliphatic carboxylic acids is 1. The molecule has 0 aromatic heterocycles. The van der Waals surface area contributed by atoms with Gasteiger partial charge in [-0.1, -0.05) is 13.8 Å². The minimum Gasteiger partial charge on any atom is -0.481 e. The summed E-state index contributed by atoms with van der Waals surface area (Å²) in [6.07, 6.45) is 1.21. The van der Waals surface area contributed by atoms with Gasteiger partial charge in [-0.2, -0.15) is 0 Å². The van der Waals surface area contributed by atoms with E-state index in [9.17, 15) is 14.7 Å². The van der Waals surface area contributed by atoms with Crippen LogP contribution in [0.15, 0.2) is 0 Å². The van der Waals surface area contributed by atoms with Crippen LogP contribution in [0.1, 0.15) is 47.5 Å². The molecule has 2 unspecified atom stereocenters. The Balaban J connectivity index is 2.93. The van der Waals surface area contributed by atoms with Crippen molar-refractivity contribution in [3.63, 3.8) is 0 Å². The number of carboxylic acid groups (broad SMARTS) is 1. The molecular formula is C13H23NO3. The van der Waals surface area contributed by atoms with Crippen molar-refractivity contribution < 1.29 is 14.7 Å². The van der Waals surface area contributed by atoms with Gasteiger partial charge in [0, 0.05) is 12.0 Å². The van der Waals surface area contributed by atoms with E-state index in [2.05, 4.69) is 5.32 Å². The Morgan fingerprint density at radius 3 is 2.18 bits per heavy atom. The van der Waals surface area contributed by atoms with Crippen molar-refractivity contribution in [1.82, 2.24) is 5.32 Å². The Morgan fingerprint density at radius 1 is 1.29 bits per heavy atom. The molecule has 1 amide bonds. The number of carboxylic acids is 1. The van der Waals surface area contributed by atoms with E-state index in [-0.39, 0.29) is 17.9 Å². The molecule has 1 aliphatic rings. The first-order valence-electron chi connectivity index (χ1n) is 6.16. The summed E-state index contributed by atoms with van der Waals surface area (Å²) < 4.78 is 0. The van der Waals surface area contributed by atoms with Crippen LogP contribution in [0.5, 0.6) is 0 Å². The summed E-state index contributed by atoms with van der Waals surface area (Å²) in [5, 5.41) is 12.2. The highest BCUT2D eigenvalue weighted by Crippen LogP contribution is 2.56. The average molecular weight is 241 g/mol. The van der Waals surface area contributed by atoms with Gasteiger partial charge in [0.05, 0.1) is 5.41 Å². The Labute approximate surface area is 103 Å². The predicted octanol–water partition coefficient (Wildman–Crippen LogP) is 2.04. The summed E-state index contributed by atoms with van der Waals surface area (Å²) in [7, 11) is 0. The zero-order valence-corrected chi connectivity index (χ0v) is 11.3. The zero-order valence-electron chi connectivity index (χ0n) is 11.3. The molecule has 0 heterocycles. The summed E-state index contributed by atoms with van der Waals surface area (Å²) >= 11 is 0. The molecule has 1 fully saturated rings. The van der Waals surface area contributed by atoms with E-state index in [0.29, 0.717) is 12.8 Å². The Bertz CT molecular complexity index is 336. The van der Waals surface area contributed by atoms with Gasteiger partial charge in [0.15, 0.2) is 0 Å². The van der Waals surface area contributed by atoms with Crippen molar-refractivity contribution in [2.75, 3.05) is 0 Å². The van der Waals surface area contributed by atoms with Crippen LogP contribution in [-0.2, 0) is 9.59 Å². The van der Waals surface area contributed by atoms with Crippen molar-refractivity contribution in [3.05, 3.63) is 0 Å². The van der Waals surface area contributed by atoms with E-state index in [1.165, 1.54) is 0 Å². The normalized spacial score (nSPS) is 31.5. The van der Waals surface area contributed by atoms with Crippen molar-refractivity contribution in [2.24, 2.45) is 16.7 Å². The topological polar surface area (TPSA) is 66.4 Å². The molecule has 98 valence electrons. The molecule has 4 nitrogen and oxygen atoms in total. The monoisotopic (exact) mass is 241 g/mol. The fourth-order valence-corrected chi connectivity index (χ4v) is 2.73. The minimum absolute atomic E-state index is 0.0185. The van der Waals surface area contributed by atoms with Gasteiger partial charge in [0.1, 0.15) is 0 Å². The molecule has 1 saturated carbocycles. The maximum atomic E-state index is 12.1. The van der Waals surface area contributed by atoms with Crippen molar-refractivity contribution >= 4 is 11.9 Å². The summed E-state index contributed by atoms with van der Waals surface area (Å²) in [6, 6.07) is 0.0926. The smallest absolute Gasteiger partial charge is 0.309 e. The van der Waals surface area contributed by atoms with E-state index >= 15 is 0 Å². The summed E-state index contributed by atoms with van der Waals surface area (Å²) in [6.45, 7) is 9.35. The number of hydrogen-bond donors (Lipinski definition) is 2. The third-order valence-corrected chi connectivity index (χ3v) is 4.45. The number of carbonyl (C=O) groups is 2. The largest absolute Gasteiger partial charge is 0.481 e. The molecule has 1 aliphatic carbocycles. The van der Waals surface area contributed by atoms with E-state index in [0.717, 1.165) is 0 Å². The van der Waals surface area contributed by atoms with Gasteiger partial charge >= 0.3 is 5.97 Å². The van der Waals surface area contributed by atoms with Gasteiger partial charge < -0.3 is 10.4 Å². The van der Waals surface area contributed by atoms with E-state index < -0.39 is 16.8 Å². The van der Waals surface area contributed by atoms with Crippen LogP contribution >= 0.6 is 0 Å². The highest BCUT2D eigenvalue weighted by Gasteiger charge is 2.58. The quantitative estimate of drug-likeness (QED) is 0.794. The van der Waals surface area contributed by atoms with Crippen LogP contribution in [0.3, 0.4) is 0 Å². The number of rotatable bonds is 3. The predicted molar refractivity (Wildman–Crippen MR) is 65.5 cm³/mol. The molecule has 2 atom stereocenters. The lowest BCUT2D eigenvalue weighted by Crippen LogP contribution is -2.46. The zero-order chi connectivity index (χ0) is 13.4. The Morgan fingerprint density at radius 2 is 1.82 bits per heavy atom. The Hall–Kier alpha value is -1.06. The van der Waals surface area contributed by atoms with Gasteiger partial charge in [-0.3, -0.25) is 9.59 Å². The van der Waals surface area contributed by atoms with Gasteiger partial charge in [-0.05, 0) is 39.0 Å². The second-order valence-electron chi connectivity index (χ2n) is 6.11. The first-order chi connectivity index (χ1) is 7.63. The summed E-state index contributed by atoms with van der Waals surface area (Å²) in [4.78, 5) is 23.5. The second-order valence-corrected chi connectivity index (χ2v) is 6.11. The first kappa shape index (κ1) is 14.0. The lowest BCUT2D eigenvalue weighted by Gasteiger charge is -2.38. The van der Waals surface area contributed by atoms with Crippen LogP contribution in [0.25, 0.3) is 0 Å². The molecule has 17 heavy (non-hydrogen) atoms. The van der Waals surface area contributed by atoms with Crippen molar-refractivity contribution in [2.45, 2.75) is 53.5 Å². The molecule has 0 bridgehead atoms. The molecule has 1 rings (SSSR count). The van der Waals surface area contributed by atoms with Gasteiger partial charge in [0.2, 0.25) is 5.91 Å². The fourth-order valence-electron chi connectivity index (χ4n) is 2.73. The van der Waals surface area contributed by atoms with Gasteiger partial charge in [0.25, 0.3) is 0 Å². The first-order valence-corrected chi connectivity index (χ1v) is 6.16. The molecule has 0 saturated heterocycles. The molecule has 0 aliphatic heterocycles. The molecular weight excluding hydrogens is 218 g/mol. The minimum atomic E-state index is -0.814. The standard InChI is InChI=1S/C13H23NO3/c1-8(2)14-10(15)9-6-7-13(5,11(16)17)12(9,3)4/h8-9H,6-7H2,1-5H3,(H,14,15)(H,16,17). The van der Waals surface area contributed by atoms with Crippen LogP contribution in [0.4, 0.5) is 0 Å². The van der Waals surface area contributed by atoms with E-state index in [4.69, 9.17) is 0 Å². The second kappa shape index (κ2) is 4.31. The van der Waals surface area contributed by atoms with Crippen LogP contribution < -0.4 is 5.32 Å². The SMILES string of the molecule is CC(C)NC(=O)C1CCC(C)(C(=O)O)C1(C)C. The number of hydrogen-bond acceptors (Lipinski definition) is 2. The molecule has 0 spiro atoms. The number of nitrogens with one attached hydrogen (secondary N) is 1. The van der Waals surface area contributed by atoms with Crippen LogP contribution in [0.2, 0.25) is 0 Å². The molecule has 0 aromatic carbocycles. The fraction of sp³-hybridized carbons (Fsp3) is 0.846. The lowest BCUT2D eigenvalue weighted by atomic mass is 9.65. The molecule has 4 heteroatoms. The summed E-state index contributed by atoms with van der Waals surface area (Å²) in [5.41, 5.74) is -1.33. The van der Waals surface area contributed by atoms with E-state index in [1.54, 1.807) is 6.92 Å². The molecule has 2 N–H and O–H groups in total. The highest BCUT2D eigenvalue weighted by molar-refractivity contribution is 5.84. The van der Waals surface area contributed by atoms with E-state index in [1.807, 2.05) is 27.7 Å². The van der Waals surface area contributed by atoms with Crippen LogP contribution in [-0.4, -0.2) is 23.0 Å². The highest BCUT2D eigenvalue weighted by atomic mass is 16.4. The van der Waals surface area contributed by atoms with Gasteiger partial charge in [-0.15, -0.1) is 0 Å². The molecule has 0 radical (unpaired) electrons. The lowest BCUT2D eigenvalue weighted by molar-refractivity contribution is -0.155. The molecule has 0 aromatic rings. The Kier molecular flexibility index (Phi) is 3.55. The maximum Gasteiger partial charge on any atom is 0.309 e. The van der Waals surface area contributed by atoms with Crippen molar-refractivity contribution in [3.8, 4) is 0 Å². The third kappa shape index (κ3) is 2.17. The maximum absolute atomic E-state index is 12.1. The third-order valence-electron chi connectivity index (χ3n) is 4.45. The number of amides is 1.